The number of rotatable bonds is 7. The minimum absolute atomic E-state index is 0.443. The molecule has 3 heteroatoms. The summed E-state index contributed by atoms with van der Waals surface area (Å²) in [6, 6.07) is 8.61. The molecular weight excluding hydrogens is 310 g/mol. The Labute approximate surface area is 125 Å². The Bertz CT molecular complexity index is 339. The van der Waals surface area contributed by atoms with Crippen molar-refractivity contribution in [2.45, 2.75) is 32.7 Å². The number of nitrogens with zero attached hydrogens (tertiary/aromatic N) is 1. The first kappa shape index (κ1) is 16.0. The maximum absolute atomic E-state index is 5.92. The Balaban J connectivity index is 2.45. The van der Waals surface area contributed by atoms with Crippen molar-refractivity contribution in [3.63, 3.8) is 0 Å². The summed E-state index contributed by atoms with van der Waals surface area (Å²) < 4.78 is 0. The smallest absolute Gasteiger partial charge is 0.0406 e. The highest BCUT2D eigenvalue weighted by Gasteiger charge is 2.12. The van der Waals surface area contributed by atoms with Gasteiger partial charge in [-0.3, -0.25) is 4.90 Å². The van der Waals surface area contributed by atoms with Crippen LogP contribution in [-0.4, -0.2) is 23.8 Å². The summed E-state index contributed by atoms with van der Waals surface area (Å²) in [7, 11) is 2.19. The molecule has 1 aromatic carbocycles. The lowest BCUT2D eigenvalue weighted by atomic mass is 10.0. The molecule has 2 unspecified atom stereocenters. The lowest BCUT2D eigenvalue weighted by Crippen LogP contribution is -2.24. The first-order chi connectivity index (χ1) is 8.54. The predicted octanol–water partition coefficient (Wildman–Crippen LogP) is 5.14. The lowest BCUT2D eigenvalue weighted by molar-refractivity contribution is 0.242. The molecule has 1 rings (SSSR count). The largest absolute Gasteiger partial charge is 0.300 e. The normalized spacial score (nSPS) is 14.8. The topological polar surface area (TPSA) is 3.24 Å². The van der Waals surface area contributed by atoms with E-state index >= 15 is 0 Å². The molecule has 0 radical (unpaired) electrons. The second-order valence-electron chi connectivity index (χ2n) is 5.08. The van der Waals surface area contributed by atoms with Crippen LogP contribution in [-0.2, 0) is 0 Å². The molecule has 0 heterocycles. The van der Waals surface area contributed by atoms with Gasteiger partial charge in [-0.05, 0) is 57.0 Å². The predicted molar refractivity (Wildman–Crippen MR) is 84.7 cm³/mol. The van der Waals surface area contributed by atoms with Crippen molar-refractivity contribution in [2.24, 2.45) is 5.92 Å². The van der Waals surface area contributed by atoms with Gasteiger partial charge >= 0.3 is 0 Å². The van der Waals surface area contributed by atoms with Gasteiger partial charge in [-0.25, -0.2) is 0 Å². The summed E-state index contributed by atoms with van der Waals surface area (Å²) >= 11 is 9.42. The van der Waals surface area contributed by atoms with Crippen LogP contribution in [0.5, 0.6) is 0 Å². The third kappa shape index (κ3) is 5.29. The highest BCUT2D eigenvalue weighted by Crippen LogP contribution is 2.21. The van der Waals surface area contributed by atoms with Gasteiger partial charge in [0.1, 0.15) is 0 Å². The molecular formula is C15H23BrClN. The summed E-state index contributed by atoms with van der Waals surface area (Å²) in [6.45, 7) is 5.71. The van der Waals surface area contributed by atoms with E-state index in [1.54, 1.807) is 0 Å². The van der Waals surface area contributed by atoms with Crippen LogP contribution in [0.4, 0.5) is 0 Å². The van der Waals surface area contributed by atoms with Crippen LogP contribution in [0.15, 0.2) is 24.3 Å². The minimum Gasteiger partial charge on any atom is -0.300 e. The van der Waals surface area contributed by atoms with Crippen LogP contribution in [0.25, 0.3) is 0 Å². The third-order valence-electron chi connectivity index (χ3n) is 3.59. The quantitative estimate of drug-likeness (QED) is 0.625. The first-order valence-corrected chi connectivity index (χ1v) is 8.06. The maximum atomic E-state index is 5.92. The van der Waals surface area contributed by atoms with E-state index in [1.165, 1.54) is 18.4 Å². The molecule has 1 aromatic rings. The Kier molecular flexibility index (Phi) is 7.28. The molecule has 0 aromatic heterocycles. The molecule has 1 nitrogen and oxygen atoms in total. The van der Waals surface area contributed by atoms with Gasteiger partial charge in [-0.2, -0.15) is 0 Å². The van der Waals surface area contributed by atoms with E-state index < -0.39 is 0 Å². The Morgan fingerprint density at radius 3 is 2.33 bits per heavy atom. The number of benzene rings is 1. The molecule has 0 bridgehead atoms. The second-order valence-corrected chi connectivity index (χ2v) is 6.31. The van der Waals surface area contributed by atoms with Crippen LogP contribution in [0, 0.1) is 5.92 Å². The maximum Gasteiger partial charge on any atom is 0.0406 e. The summed E-state index contributed by atoms with van der Waals surface area (Å²) in [5.74, 6) is 0.782. The van der Waals surface area contributed by atoms with Gasteiger partial charge in [-0.1, -0.05) is 46.6 Å². The Hall–Kier alpha value is -0.0500. The highest BCUT2D eigenvalue weighted by molar-refractivity contribution is 9.09. The van der Waals surface area contributed by atoms with Crippen molar-refractivity contribution < 1.29 is 0 Å². The first-order valence-electron chi connectivity index (χ1n) is 6.56. The summed E-state index contributed by atoms with van der Waals surface area (Å²) in [5.41, 5.74) is 1.33. The van der Waals surface area contributed by atoms with E-state index in [-0.39, 0.29) is 0 Å². The molecule has 0 aliphatic heterocycles. The molecule has 0 N–H and O–H groups in total. The molecule has 0 spiro atoms. The number of hydrogen-bond donors (Lipinski definition) is 0. The molecule has 102 valence electrons. The molecule has 0 saturated heterocycles. The Morgan fingerprint density at radius 2 is 1.78 bits per heavy atom. The van der Waals surface area contributed by atoms with E-state index in [2.05, 4.69) is 53.9 Å². The average molecular weight is 333 g/mol. The monoisotopic (exact) mass is 331 g/mol. The standard InChI is InChI=1S/C15H23BrClN/c1-12(8-10-16)9-11-18(3)13(2)14-4-6-15(17)7-5-14/h4-7,12-13H,8-11H2,1-3H3. The van der Waals surface area contributed by atoms with E-state index in [0.29, 0.717) is 6.04 Å². The van der Waals surface area contributed by atoms with Crippen molar-refractivity contribution >= 4 is 27.5 Å². The van der Waals surface area contributed by atoms with E-state index in [9.17, 15) is 0 Å². The lowest BCUT2D eigenvalue weighted by Gasteiger charge is -2.26. The van der Waals surface area contributed by atoms with Crippen molar-refractivity contribution in [1.29, 1.82) is 0 Å². The average Bonchev–Trinajstić information content (AvgIpc) is 2.36. The van der Waals surface area contributed by atoms with Crippen molar-refractivity contribution in [2.75, 3.05) is 18.9 Å². The van der Waals surface area contributed by atoms with Crippen LogP contribution in [0.2, 0.25) is 5.02 Å². The van der Waals surface area contributed by atoms with Gasteiger partial charge in [0.25, 0.3) is 0 Å². The van der Waals surface area contributed by atoms with Crippen molar-refractivity contribution in [3.05, 3.63) is 34.9 Å². The molecule has 18 heavy (non-hydrogen) atoms. The van der Waals surface area contributed by atoms with E-state index in [4.69, 9.17) is 11.6 Å². The van der Waals surface area contributed by atoms with Crippen LogP contribution in [0.1, 0.15) is 38.3 Å². The molecule has 0 fully saturated rings. The van der Waals surface area contributed by atoms with Crippen LogP contribution >= 0.6 is 27.5 Å². The van der Waals surface area contributed by atoms with Gasteiger partial charge in [0, 0.05) is 16.4 Å². The molecule has 0 saturated carbocycles. The van der Waals surface area contributed by atoms with Crippen molar-refractivity contribution in [1.82, 2.24) is 4.90 Å². The summed E-state index contributed by atoms with van der Waals surface area (Å²) in [4.78, 5) is 2.41. The number of hydrogen-bond acceptors (Lipinski definition) is 1. The fraction of sp³-hybridized carbons (Fsp3) is 0.600. The summed E-state index contributed by atoms with van der Waals surface area (Å²) in [6.07, 6.45) is 2.50. The van der Waals surface area contributed by atoms with E-state index in [0.717, 1.165) is 22.8 Å². The molecule has 0 aliphatic rings. The Morgan fingerprint density at radius 1 is 1.17 bits per heavy atom. The van der Waals surface area contributed by atoms with Gasteiger partial charge in [0.2, 0.25) is 0 Å². The minimum atomic E-state index is 0.443. The highest BCUT2D eigenvalue weighted by atomic mass is 79.9. The molecule has 2 atom stereocenters. The fourth-order valence-electron chi connectivity index (χ4n) is 1.94. The fourth-order valence-corrected chi connectivity index (χ4v) is 2.85. The van der Waals surface area contributed by atoms with E-state index in [1.807, 2.05) is 12.1 Å². The van der Waals surface area contributed by atoms with Gasteiger partial charge in [0.15, 0.2) is 0 Å². The summed E-state index contributed by atoms with van der Waals surface area (Å²) in [5, 5.41) is 1.91. The third-order valence-corrected chi connectivity index (χ3v) is 4.30. The zero-order valence-corrected chi connectivity index (χ0v) is 13.8. The number of halogens is 2. The van der Waals surface area contributed by atoms with Gasteiger partial charge < -0.3 is 0 Å². The van der Waals surface area contributed by atoms with Gasteiger partial charge in [-0.15, -0.1) is 0 Å². The van der Waals surface area contributed by atoms with Gasteiger partial charge in [0.05, 0.1) is 0 Å². The zero-order valence-electron chi connectivity index (χ0n) is 11.5. The second kappa shape index (κ2) is 8.19. The molecule has 0 amide bonds. The van der Waals surface area contributed by atoms with Crippen molar-refractivity contribution in [3.8, 4) is 0 Å². The van der Waals surface area contributed by atoms with Crippen LogP contribution < -0.4 is 0 Å². The SMILES string of the molecule is CC(CCBr)CCN(C)C(C)c1ccc(Cl)cc1. The molecule has 0 aliphatic carbocycles. The zero-order chi connectivity index (χ0) is 13.5. The van der Waals surface area contributed by atoms with Crippen LogP contribution in [0.3, 0.4) is 0 Å². The number of alkyl halides is 1.